The zero-order chi connectivity index (χ0) is 17.3. The third-order valence-corrected chi connectivity index (χ3v) is 4.53. The van der Waals surface area contributed by atoms with Crippen LogP contribution in [0, 0.1) is 6.92 Å². The molecule has 5 nitrogen and oxygen atoms in total. The Balaban J connectivity index is 1.81. The normalized spacial score (nSPS) is 16.4. The minimum atomic E-state index is -0.509. The molecule has 0 fully saturated rings. The molecule has 1 unspecified atom stereocenters. The highest BCUT2D eigenvalue weighted by molar-refractivity contribution is 5.96. The number of hydrogen-bond acceptors (Lipinski definition) is 2. The van der Waals surface area contributed by atoms with Crippen molar-refractivity contribution in [3.8, 4) is 0 Å². The number of carbonyl (C=O) groups is 2. The van der Waals surface area contributed by atoms with Crippen LogP contribution < -0.4 is 11.1 Å². The van der Waals surface area contributed by atoms with E-state index in [1.165, 1.54) is 11.1 Å². The number of nitrogens with two attached hydrogens (primary N) is 1. The van der Waals surface area contributed by atoms with Gasteiger partial charge >= 0.3 is 6.03 Å². The first kappa shape index (κ1) is 16.1. The molecule has 2 aromatic carbocycles. The van der Waals surface area contributed by atoms with Crippen LogP contribution in [0.25, 0.3) is 0 Å². The van der Waals surface area contributed by atoms with Crippen LogP contribution in [0.4, 0.5) is 10.5 Å². The van der Waals surface area contributed by atoms with Gasteiger partial charge in [0.2, 0.25) is 5.91 Å². The van der Waals surface area contributed by atoms with E-state index >= 15 is 0 Å². The molecule has 3 N–H and O–H groups in total. The van der Waals surface area contributed by atoms with Gasteiger partial charge in [-0.3, -0.25) is 4.79 Å². The lowest BCUT2D eigenvalue weighted by Gasteiger charge is -2.35. The maximum atomic E-state index is 12.7. The molecule has 0 radical (unpaired) electrons. The number of carbonyl (C=O) groups excluding carboxylic acids is 2. The molecule has 0 aliphatic carbocycles. The van der Waals surface area contributed by atoms with Gasteiger partial charge in [-0.1, -0.05) is 30.3 Å². The van der Waals surface area contributed by atoms with E-state index in [1.54, 1.807) is 18.2 Å². The van der Waals surface area contributed by atoms with Crippen LogP contribution in [0.2, 0.25) is 0 Å². The van der Waals surface area contributed by atoms with Crippen molar-refractivity contribution in [1.82, 2.24) is 4.90 Å². The maximum absolute atomic E-state index is 12.7. The number of benzene rings is 2. The molecule has 5 heteroatoms. The van der Waals surface area contributed by atoms with Gasteiger partial charge in [0.05, 0.1) is 0 Å². The van der Waals surface area contributed by atoms with Gasteiger partial charge in [-0.25, -0.2) is 4.79 Å². The number of primary amides is 1. The molecule has 1 atom stereocenters. The minimum Gasteiger partial charge on any atom is -0.366 e. The van der Waals surface area contributed by atoms with E-state index in [4.69, 9.17) is 5.73 Å². The first-order valence-electron chi connectivity index (χ1n) is 8.00. The minimum absolute atomic E-state index is 0.111. The number of nitrogens with zero attached hydrogens (tertiary/aromatic N) is 1. The lowest BCUT2D eigenvalue weighted by Crippen LogP contribution is -2.44. The van der Waals surface area contributed by atoms with E-state index < -0.39 is 5.91 Å². The fourth-order valence-electron chi connectivity index (χ4n) is 3.05. The molecular formula is C19H21N3O2. The standard InChI is InChI=1S/C19H21N3O2/c1-12-7-8-15(18(20)23)10-17(12)21-19(24)22-11-16-6-4-3-5-14(16)9-13(22)2/h3-8,10,13H,9,11H2,1-2H3,(H2,20,23)(H,21,24). The monoisotopic (exact) mass is 323 g/mol. The zero-order valence-corrected chi connectivity index (χ0v) is 13.9. The van der Waals surface area contributed by atoms with Crippen LogP contribution in [-0.2, 0) is 13.0 Å². The van der Waals surface area contributed by atoms with Crippen molar-refractivity contribution in [1.29, 1.82) is 0 Å². The Labute approximate surface area is 141 Å². The molecule has 1 aliphatic heterocycles. The summed E-state index contributed by atoms with van der Waals surface area (Å²) in [4.78, 5) is 25.9. The second-order valence-electron chi connectivity index (χ2n) is 6.27. The first-order valence-corrected chi connectivity index (χ1v) is 8.00. The van der Waals surface area contributed by atoms with Gasteiger partial charge in [-0.15, -0.1) is 0 Å². The predicted octanol–water partition coefficient (Wildman–Crippen LogP) is 3.07. The Morgan fingerprint density at radius 2 is 1.88 bits per heavy atom. The second kappa shape index (κ2) is 6.35. The summed E-state index contributed by atoms with van der Waals surface area (Å²) in [5.41, 5.74) is 9.67. The molecule has 3 rings (SSSR count). The largest absolute Gasteiger partial charge is 0.366 e. The molecule has 3 amide bonds. The second-order valence-corrected chi connectivity index (χ2v) is 6.27. The maximum Gasteiger partial charge on any atom is 0.322 e. The van der Waals surface area contributed by atoms with Crippen molar-refractivity contribution in [2.24, 2.45) is 5.73 Å². The first-order chi connectivity index (χ1) is 11.5. The average Bonchev–Trinajstić information content (AvgIpc) is 2.55. The number of anilines is 1. The molecule has 124 valence electrons. The van der Waals surface area contributed by atoms with Crippen LogP contribution in [0.3, 0.4) is 0 Å². The fourth-order valence-corrected chi connectivity index (χ4v) is 3.05. The van der Waals surface area contributed by atoms with Gasteiger partial charge in [0.15, 0.2) is 0 Å². The van der Waals surface area contributed by atoms with Gasteiger partial charge in [0.25, 0.3) is 0 Å². The van der Waals surface area contributed by atoms with E-state index in [9.17, 15) is 9.59 Å². The molecule has 0 aromatic heterocycles. The molecule has 2 aromatic rings. The Kier molecular flexibility index (Phi) is 4.25. The summed E-state index contributed by atoms with van der Waals surface area (Å²) in [6, 6.07) is 13.2. The van der Waals surface area contributed by atoms with Gasteiger partial charge in [-0.05, 0) is 49.1 Å². The molecule has 24 heavy (non-hydrogen) atoms. The van der Waals surface area contributed by atoms with Crippen molar-refractivity contribution in [3.63, 3.8) is 0 Å². The third-order valence-electron chi connectivity index (χ3n) is 4.53. The number of aryl methyl sites for hydroxylation is 1. The highest BCUT2D eigenvalue weighted by Gasteiger charge is 2.26. The Bertz CT molecular complexity index is 801. The molecule has 0 saturated heterocycles. The summed E-state index contributed by atoms with van der Waals surface area (Å²) in [6.45, 7) is 4.51. The van der Waals surface area contributed by atoms with Crippen molar-refractivity contribution < 1.29 is 9.59 Å². The summed E-state index contributed by atoms with van der Waals surface area (Å²) in [5.74, 6) is -0.509. The van der Waals surface area contributed by atoms with Crippen molar-refractivity contribution >= 4 is 17.6 Å². The summed E-state index contributed by atoms with van der Waals surface area (Å²) >= 11 is 0. The number of rotatable bonds is 2. The van der Waals surface area contributed by atoms with Gasteiger partial charge < -0.3 is 16.0 Å². The lowest BCUT2D eigenvalue weighted by molar-refractivity contribution is 0.1000. The highest BCUT2D eigenvalue weighted by atomic mass is 16.2. The predicted molar refractivity (Wildman–Crippen MR) is 93.9 cm³/mol. The van der Waals surface area contributed by atoms with Crippen LogP contribution in [0.15, 0.2) is 42.5 Å². The molecule has 1 heterocycles. The number of hydrogen-bond donors (Lipinski definition) is 2. The Morgan fingerprint density at radius 1 is 1.17 bits per heavy atom. The van der Waals surface area contributed by atoms with Gasteiger partial charge in [-0.2, -0.15) is 0 Å². The smallest absolute Gasteiger partial charge is 0.322 e. The molecule has 0 spiro atoms. The Morgan fingerprint density at radius 3 is 2.58 bits per heavy atom. The van der Waals surface area contributed by atoms with Gasteiger partial charge in [0.1, 0.15) is 0 Å². The molecule has 0 bridgehead atoms. The van der Waals surface area contributed by atoms with E-state index in [1.807, 2.05) is 30.9 Å². The SMILES string of the molecule is Cc1ccc(C(N)=O)cc1NC(=O)N1Cc2ccccc2CC1C. The fraction of sp³-hybridized carbons (Fsp3) is 0.263. The van der Waals surface area contributed by atoms with Crippen molar-refractivity contribution in [2.75, 3.05) is 5.32 Å². The number of fused-ring (bicyclic) bond motifs is 1. The van der Waals surface area contributed by atoms with Crippen molar-refractivity contribution in [3.05, 3.63) is 64.7 Å². The van der Waals surface area contributed by atoms with E-state index in [2.05, 4.69) is 17.4 Å². The number of urea groups is 1. The average molecular weight is 323 g/mol. The zero-order valence-electron chi connectivity index (χ0n) is 13.9. The highest BCUT2D eigenvalue weighted by Crippen LogP contribution is 2.24. The summed E-state index contributed by atoms with van der Waals surface area (Å²) < 4.78 is 0. The van der Waals surface area contributed by atoms with Crippen LogP contribution >= 0.6 is 0 Å². The van der Waals surface area contributed by atoms with Gasteiger partial charge in [0, 0.05) is 23.8 Å². The number of nitrogens with one attached hydrogen (secondary N) is 1. The summed E-state index contributed by atoms with van der Waals surface area (Å²) in [6.07, 6.45) is 0.837. The van der Waals surface area contributed by atoms with E-state index in [0.717, 1.165) is 12.0 Å². The van der Waals surface area contributed by atoms with Crippen LogP contribution in [0.1, 0.15) is 34.0 Å². The third kappa shape index (κ3) is 3.11. The van der Waals surface area contributed by atoms with E-state index in [-0.39, 0.29) is 12.1 Å². The molecule has 0 saturated carbocycles. The lowest BCUT2D eigenvalue weighted by atomic mass is 9.95. The topological polar surface area (TPSA) is 75.4 Å². The van der Waals surface area contributed by atoms with Crippen LogP contribution in [0.5, 0.6) is 0 Å². The van der Waals surface area contributed by atoms with E-state index in [0.29, 0.717) is 17.8 Å². The Hall–Kier alpha value is -2.82. The number of amides is 3. The molecular weight excluding hydrogens is 302 g/mol. The summed E-state index contributed by atoms with van der Waals surface area (Å²) in [7, 11) is 0. The quantitative estimate of drug-likeness (QED) is 0.891. The molecule has 1 aliphatic rings. The van der Waals surface area contributed by atoms with Crippen molar-refractivity contribution in [2.45, 2.75) is 32.9 Å². The van der Waals surface area contributed by atoms with Crippen LogP contribution in [-0.4, -0.2) is 22.9 Å². The summed E-state index contributed by atoms with van der Waals surface area (Å²) in [5, 5.41) is 2.92.